The van der Waals surface area contributed by atoms with Gasteiger partial charge in [-0.3, -0.25) is 4.79 Å². The van der Waals surface area contributed by atoms with Gasteiger partial charge in [0.05, 0.1) is 23.5 Å². The maximum absolute atomic E-state index is 13.5. The molecule has 0 atom stereocenters. The number of esters is 1. The number of carbonyl (C=O) groups is 1. The van der Waals surface area contributed by atoms with Gasteiger partial charge in [0.15, 0.2) is 0 Å². The van der Waals surface area contributed by atoms with E-state index in [0.717, 1.165) is 54.5 Å². The molecule has 3 aromatic carbocycles. The van der Waals surface area contributed by atoms with E-state index in [2.05, 4.69) is 26.9 Å². The van der Waals surface area contributed by atoms with E-state index in [4.69, 9.17) is 10.5 Å². The molecule has 8 heteroatoms. The van der Waals surface area contributed by atoms with Crippen LogP contribution in [0.15, 0.2) is 102 Å². The Morgan fingerprint density at radius 1 is 0.878 bits per heavy atom. The van der Waals surface area contributed by atoms with Crippen LogP contribution in [0.1, 0.15) is 17.3 Å². The van der Waals surface area contributed by atoms with E-state index in [9.17, 15) is 9.59 Å². The molecule has 0 aliphatic carbocycles. The maximum atomic E-state index is 13.5. The Hall–Kier alpha value is -5.11. The van der Waals surface area contributed by atoms with Crippen molar-refractivity contribution >= 4 is 34.1 Å². The second-order valence-corrected chi connectivity index (χ2v) is 9.97. The zero-order chi connectivity index (χ0) is 28.3. The standard InChI is InChI=1S/C33H31N5O3/c1-2-41-33(40)27-22-38(25-13-11-24(12-14-25)23-8-4-3-5-9-23)29-21-30(28(34)20-26(29)32(27)39)36-16-18-37(19-17-36)31-10-6-7-15-35-31/h3-15,20-22H,2,16-19,34H2,1H3. The number of ether oxygens (including phenoxy) is 1. The Labute approximate surface area is 238 Å². The van der Waals surface area contributed by atoms with Gasteiger partial charge in [-0.15, -0.1) is 0 Å². The summed E-state index contributed by atoms with van der Waals surface area (Å²) in [6.45, 7) is 4.99. The highest BCUT2D eigenvalue weighted by Crippen LogP contribution is 2.31. The zero-order valence-electron chi connectivity index (χ0n) is 22.9. The molecule has 6 rings (SSSR count). The van der Waals surface area contributed by atoms with E-state index in [-0.39, 0.29) is 12.2 Å². The number of hydrogen-bond donors (Lipinski definition) is 1. The van der Waals surface area contributed by atoms with Crippen molar-refractivity contribution in [2.45, 2.75) is 6.92 Å². The van der Waals surface area contributed by atoms with Crippen molar-refractivity contribution in [3.05, 3.63) is 113 Å². The van der Waals surface area contributed by atoms with Crippen molar-refractivity contribution in [1.29, 1.82) is 0 Å². The third kappa shape index (κ3) is 5.12. The van der Waals surface area contributed by atoms with Crippen LogP contribution in [0, 0.1) is 0 Å². The topological polar surface area (TPSA) is 93.7 Å². The number of piperazine rings is 1. The summed E-state index contributed by atoms with van der Waals surface area (Å²) >= 11 is 0. The molecule has 0 unspecified atom stereocenters. The summed E-state index contributed by atoms with van der Waals surface area (Å²) in [5, 5.41) is 0.371. The average molecular weight is 546 g/mol. The number of carbonyl (C=O) groups excluding carboxylic acids is 1. The molecule has 0 spiro atoms. The first-order valence-corrected chi connectivity index (χ1v) is 13.8. The summed E-state index contributed by atoms with van der Waals surface area (Å²) in [7, 11) is 0. The second kappa shape index (κ2) is 11.2. The van der Waals surface area contributed by atoms with Gasteiger partial charge in [-0.2, -0.15) is 0 Å². The zero-order valence-corrected chi connectivity index (χ0v) is 22.9. The van der Waals surface area contributed by atoms with Gasteiger partial charge in [0.1, 0.15) is 11.4 Å². The Bertz CT molecular complexity index is 1740. The van der Waals surface area contributed by atoms with Crippen molar-refractivity contribution in [1.82, 2.24) is 9.55 Å². The molecular formula is C33H31N5O3. The fourth-order valence-electron chi connectivity index (χ4n) is 5.38. The second-order valence-electron chi connectivity index (χ2n) is 9.97. The molecule has 0 amide bonds. The Morgan fingerprint density at radius 2 is 1.56 bits per heavy atom. The lowest BCUT2D eigenvalue weighted by Gasteiger charge is -2.37. The molecule has 206 valence electrons. The smallest absolute Gasteiger partial charge is 0.343 e. The summed E-state index contributed by atoms with van der Waals surface area (Å²) in [4.78, 5) is 35.3. The van der Waals surface area contributed by atoms with E-state index in [1.807, 2.05) is 71.3 Å². The highest BCUT2D eigenvalue weighted by Gasteiger charge is 2.23. The fraction of sp³-hybridized carbons (Fsp3) is 0.182. The number of nitrogens with zero attached hydrogens (tertiary/aromatic N) is 4. The molecule has 41 heavy (non-hydrogen) atoms. The summed E-state index contributed by atoms with van der Waals surface area (Å²) in [6, 6.07) is 27.7. The van der Waals surface area contributed by atoms with Crippen LogP contribution in [0.25, 0.3) is 27.7 Å². The number of anilines is 3. The quantitative estimate of drug-likeness (QED) is 0.233. The van der Waals surface area contributed by atoms with Gasteiger partial charge in [0, 0.05) is 49.6 Å². The molecule has 8 nitrogen and oxygen atoms in total. The van der Waals surface area contributed by atoms with Crippen LogP contribution in [0.5, 0.6) is 0 Å². The van der Waals surface area contributed by atoms with Gasteiger partial charge in [0.25, 0.3) is 0 Å². The van der Waals surface area contributed by atoms with Crippen LogP contribution in [0.2, 0.25) is 0 Å². The van der Waals surface area contributed by atoms with Crippen molar-refractivity contribution in [2.75, 3.05) is 48.3 Å². The first-order chi connectivity index (χ1) is 20.0. The molecular weight excluding hydrogens is 514 g/mol. The van der Waals surface area contributed by atoms with Gasteiger partial charge in [-0.05, 0) is 54.4 Å². The van der Waals surface area contributed by atoms with Crippen molar-refractivity contribution < 1.29 is 9.53 Å². The number of nitrogen functional groups attached to an aromatic ring is 1. The molecule has 2 aromatic heterocycles. The number of pyridine rings is 2. The average Bonchev–Trinajstić information content (AvgIpc) is 3.02. The minimum absolute atomic E-state index is 0.0254. The number of benzene rings is 3. The van der Waals surface area contributed by atoms with Crippen molar-refractivity contribution in [3.63, 3.8) is 0 Å². The number of hydrogen-bond acceptors (Lipinski definition) is 7. The minimum Gasteiger partial charge on any atom is -0.462 e. The monoisotopic (exact) mass is 545 g/mol. The van der Waals surface area contributed by atoms with Crippen LogP contribution >= 0.6 is 0 Å². The van der Waals surface area contributed by atoms with Crippen LogP contribution in [-0.4, -0.2) is 48.3 Å². The number of aromatic nitrogens is 2. The van der Waals surface area contributed by atoms with Crippen LogP contribution in [0.4, 0.5) is 17.2 Å². The van der Waals surface area contributed by atoms with Crippen LogP contribution in [-0.2, 0) is 4.74 Å². The first-order valence-electron chi connectivity index (χ1n) is 13.8. The molecule has 5 aromatic rings. The SMILES string of the molecule is CCOC(=O)c1cn(-c2ccc(-c3ccccc3)cc2)c2cc(N3CCN(c4ccccn4)CC3)c(N)cc2c1=O. The lowest BCUT2D eigenvalue weighted by Crippen LogP contribution is -2.47. The summed E-state index contributed by atoms with van der Waals surface area (Å²) in [5.74, 6) is 0.306. The van der Waals surface area contributed by atoms with Gasteiger partial charge in [0.2, 0.25) is 5.43 Å². The first kappa shape index (κ1) is 26.1. The summed E-state index contributed by atoms with van der Waals surface area (Å²) < 4.78 is 7.10. The van der Waals surface area contributed by atoms with E-state index in [1.165, 1.54) is 0 Å². The number of fused-ring (bicyclic) bond motifs is 1. The highest BCUT2D eigenvalue weighted by molar-refractivity contribution is 5.97. The lowest BCUT2D eigenvalue weighted by molar-refractivity contribution is 0.0524. The van der Waals surface area contributed by atoms with Gasteiger partial charge >= 0.3 is 5.97 Å². The van der Waals surface area contributed by atoms with E-state index in [0.29, 0.717) is 16.6 Å². The van der Waals surface area contributed by atoms with E-state index in [1.54, 1.807) is 25.4 Å². The Morgan fingerprint density at radius 3 is 2.24 bits per heavy atom. The third-order valence-corrected chi connectivity index (χ3v) is 7.49. The summed E-state index contributed by atoms with van der Waals surface area (Å²) in [5.41, 5.74) is 11.2. The van der Waals surface area contributed by atoms with E-state index < -0.39 is 11.4 Å². The van der Waals surface area contributed by atoms with Crippen LogP contribution < -0.4 is 21.0 Å². The molecule has 1 fully saturated rings. The molecule has 0 bridgehead atoms. The predicted molar refractivity (Wildman–Crippen MR) is 164 cm³/mol. The minimum atomic E-state index is -0.651. The fourth-order valence-corrected chi connectivity index (χ4v) is 5.38. The van der Waals surface area contributed by atoms with Crippen LogP contribution in [0.3, 0.4) is 0 Å². The summed E-state index contributed by atoms with van der Waals surface area (Å²) in [6.07, 6.45) is 3.39. The molecule has 0 radical (unpaired) electrons. The molecule has 1 aliphatic rings. The number of rotatable bonds is 6. The molecule has 1 saturated heterocycles. The van der Waals surface area contributed by atoms with Gasteiger partial charge in [-0.1, -0.05) is 48.5 Å². The lowest BCUT2D eigenvalue weighted by atomic mass is 10.0. The molecule has 1 aliphatic heterocycles. The number of nitrogens with two attached hydrogens (primary N) is 1. The molecule has 2 N–H and O–H groups in total. The molecule has 0 saturated carbocycles. The van der Waals surface area contributed by atoms with Crippen molar-refractivity contribution in [2.24, 2.45) is 0 Å². The normalized spacial score (nSPS) is 13.4. The Balaban J connectivity index is 1.42. The van der Waals surface area contributed by atoms with Gasteiger partial charge < -0.3 is 24.8 Å². The maximum Gasteiger partial charge on any atom is 0.343 e. The predicted octanol–water partition coefficient (Wildman–Crippen LogP) is 5.14. The highest BCUT2D eigenvalue weighted by atomic mass is 16.5. The largest absolute Gasteiger partial charge is 0.462 e. The third-order valence-electron chi connectivity index (χ3n) is 7.49. The molecule has 3 heterocycles. The van der Waals surface area contributed by atoms with E-state index >= 15 is 0 Å². The van der Waals surface area contributed by atoms with Gasteiger partial charge in [-0.25, -0.2) is 9.78 Å². The Kier molecular flexibility index (Phi) is 7.12. The van der Waals surface area contributed by atoms with Crippen molar-refractivity contribution in [3.8, 4) is 16.8 Å².